The normalized spacial score (nSPS) is 14.1. The topological polar surface area (TPSA) is 60.7 Å². The monoisotopic (exact) mass is 278 g/mol. The van der Waals surface area contributed by atoms with Crippen molar-refractivity contribution >= 4 is 11.6 Å². The van der Waals surface area contributed by atoms with Crippen LogP contribution in [-0.4, -0.2) is 27.3 Å². The van der Waals surface area contributed by atoms with E-state index >= 15 is 0 Å². The number of aromatic hydroxyl groups is 1. The lowest BCUT2D eigenvalue weighted by atomic mass is 10.00. The maximum Gasteiger partial charge on any atom is 0.115 e. The summed E-state index contributed by atoms with van der Waals surface area (Å²) < 4.78 is 0. The van der Waals surface area contributed by atoms with E-state index in [1.165, 1.54) is 0 Å². The lowest BCUT2D eigenvalue weighted by molar-refractivity contribution is 0.0327. The van der Waals surface area contributed by atoms with Crippen LogP contribution in [0.3, 0.4) is 0 Å². The maximum atomic E-state index is 9.82. The molecule has 0 saturated heterocycles. The van der Waals surface area contributed by atoms with Gasteiger partial charge in [-0.15, -0.1) is 11.6 Å². The van der Waals surface area contributed by atoms with E-state index in [2.05, 4.69) is 0 Å². The minimum atomic E-state index is -0.980. The molecule has 0 aliphatic carbocycles. The van der Waals surface area contributed by atoms with E-state index in [0.717, 1.165) is 11.1 Å². The van der Waals surface area contributed by atoms with Crippen LogP contribution in [0.1, 0.15) is 11.7 Å². The number of phenolic OH excluding ortho intramolecular Hbond substituents is 1. The molecule has 2 aromatic rings. The highest BCUT2D eigenvalue weighted by Crippen LogP contribution is 2.25. The summed E-state index contributed by atoms with van der Waals surface area (Å²) in [6.07, 6.45) is -1.95. The average Bonchev–Trinajstić information content (AvgIpc) is 2.46. The van der Waals surface area contributed by atoms with Crippen LogP contribution in [0.5, 0.6) is 5.75 Å². The molecule has 3 nitrogen and oxygen atoms in total. The predicted octanol–water partition coefficient (Wildman–Crippen LogP) is 2.69. The maximum absolute atomic E-state index is 9.82. The summed E-state index contributed by atoms with van der Waals surface area (Å²) >= 11 is 5.51. The number of halogens is 1. The van der Waals surface area contributed by atoms with Crippen molar-refractivity contribution < 1.29 is 15.3 Å². The Morgan fingerprint density at radius 1 is 0.842 bits per heavy atom. The van der Waals surface area contributed by atoms with E-state index in [4.69, 9.17) is 11.6 Å². The molecule has 0 bridgehead atoms. The van der Waals surface area contributed by atoms with Gasteiger partial charge >= 0.3 is 0 Å². The molecule has 0 aliphatic heterocycles. The Labute approximate surface area is 116 Å². The van der Waals surface area contributed by atoms with E-state index in [9.17, 15) is 15.3 Å². The fourth-order valence-electron chi connectivity index (χ4n) is 1.83. The summed E-state index contributed by atoms with van der Waals surface area (Å²) in [7, 11) is 0. The van der Waals surface area contributed by atoms with Crippen LogP contribution in [0.15, 0.2) is 48.5 Å². The molecule has 3 N–H and O–H groups in total. The van der Waals surface area contributed by atoms with Crippen molar-refractivity contribution in [2.75, 3.05) is 5.88 Å². The number of alkyl halides is 1. The fourth-order valence-corrected chi connectivity index (χ4v) is 2.00. The molecule has 0 heterocycles. The second kappa shape index (κ2) is 6.06. The molecule has 19 heavy (non-hydrogen) atoms. The number of aliphatic hydroxyl groups is 2. The van der Waals surface area contributed by atoms with Gasteiger partial charge in [0.05, 0.1) is 12.0 Å². The minimum absolute atomic E-state index is 0.0130. The molecule has 2 unspecified atom stereocenters. The summed E-state index contributed by atoms with van der Waals surface area (Å²) in [4.78, 5) is 0. The third-order valence-electron chi connectivity index (χ3n) is 2.98. The molecule has 2 rings (SSSR count). The summed E-state index contributed by atoms with van der Waals surface area (Å²) in [6, 6.07) is 14.1. The number of aliphatic hydroxyl groups excluding tert-OH is 2. The van der Waals surface area contributed by atoms with E-state index in [1.54, 1.807) is 24.3 Å². The minimum Gasteiger partial charge on any atom is -0.508 e. The highest BCUT2D eigenvalue weighted by atomic mass is 35.5. The van der Waals surface area contributed by atoms with Crippen molar-refractivity contribution in [3.05, 3.63) is 54.1 Å². The van der Waals surface area contributed by atoms with E-state index in [1.807, 2.05) is 24.3 Å². The van der Waals surface area contributed by atoms with Gasteiger partial charge in [0.25, 0.3) is 0 Å². The molecular weight excluding hydrogens is 264 g/mol. The highest BCUT2D eigenvalue weighted by molar-refractivity contribution is 6.18. The van der Waals surface area contributed by atoms with Crippen LogP contribution in [0, 0.1) is 0 Å². The molecular formula is C15H15ClO3. The summed E-state index contributed by atoms with van der Waals surface area (Å²) in [6.45, 7) is 0. The zero-order chi connectivity index (χ0) is 13.8. The smallest absolute Gasteiger partial charge is 0.115 e. The standard InChI is InChI=1S/C15H15ClO3/c16-9-14(18)15(19)12-3-1-10(2-4-12)11-5-7-13(17)8-6-11/h1-8,14-15,17-19H,9H2. The molecule has 0 aromatic heterocycles. The highest BCUT2D eigenvalue weighted by Gasteiger charge is 2.16. The first-order valence-corrected chi connectivity index (χ1v) is 6.46. The quantitative estimate of drug-likeness (QED) is 0.754. The first-order chi connectivity index (χ1) is 9.11. The number of rotatable bonds is 4. The molecule has 0 saturated carbocycles. The van der Waals surface area contributed by atoms with Crippen LogP contribution in [0.2, 0.25) is 0 Å². The molecule has 2 aromatic carbocycles. The summed E-state index contributed by atoms with van der Waals surface area (Å²) in [5, 5.41) is 28.5. The lowest BCUT2D eigenvalue weighted by Crippen LogP contribution is -2.19. The van der Waals surface area contributed by atoms with Crippen molar-refractivity contribution in [3.8, 4) is 16.9 Å². The number of phenols is 1. The van der Waals surface area contributed by atoms with Gasteiger partial charge in [-0.2, -0.15) is 0 Å². The molecule has 4 heteroatoms. The Morgan fingerprint density at radius 2 is 1.32 bits per heavy atom. The number of hydrogen-bond acceptors (Lipinski definition) is 3. The van der Waals surface area contributed by atoms with Gasteiger partial charge in [-0.1, -0.05) is 36.4 Å². The Bertz CT molecular complexity index is 522. The van der Waals surface area contributed by atoms with Crippen LogP contribution >= 0.6 is 11.6 Å². The van der Waals surface area contributed by atoms with Crippen molar-refractivity contribution in [1.82, 2.24) is 0 Å². The van der Waals surface area contributed by atoms with E-state index in [-0.39, 0.29) is 11.6 Å². The van der Waals surface area contributed by atoms with E-state index in [0.29, 0.717) is 5.56 Å². The first-order valence-electron chi connectivity index (χ1n) is 5.93. The largest absolute Gasteiger partial charge is 0.508 e. The number of hydrogen-bond donors (Lipinski definition) is 3. The van der Waals surface area contributed by atoms with Crippen LogP contribution in [0.25, 0.3) is 11.1 Å². The second-order valence-electron chi connectivity index (χ2n) is 4.34. The van der Waals surface area contributed by atoms with Crippen molar-refractivity contribution in [1.29, 1.82) is 0 Å². The van der Waals surface area contributed by atoms with Gasteiger partial charge in [-0.3, -0.25) is 0 Å². The molecule has 0 aliphatic rings. The van der Waals surface area contributed by atoms with Gasteiger partial charge in [-0.25, -0.2) is 0 Å². The van der Waals surface area contributed by atoms with Crippen molar-refractivity contribution in [3.63, 3.8) is 0 Å². The first kappa shape index (κ1) is 13.9. The third-order valence-corrected chi connectivity index (χ3v) is 3.29. The van der Waals surface area contributed by atoms with Crippen LogP contribution in [0.4, 0.5) is 0 Å². The summed E-state index contributed by atoms with van der Waals surface area (Å²) in [5.41, 5.74) is 2.56. The van der Waals surface area contributed by atoms with Crippen molar-refractivity contribution in [2.24, 2.45) is 0 Å². The number of benzene rings is 2. The Hall–Kier alpha value is -1.55. The second-order valence-corrected chi connectivity index (χ2v) is 4.64. The average molecular weight is 279 g/mol. The van der Waals surface area contributed by atoms with Crippen LogP contribution in [-0.2, 0) is 0 Å². The fraction of sp³-hybridized carbons (Fsp3) is 0.200. The lowest BCUT2D eigenvalue weighted by Gasteiger charge is -2.16. The van der Waals surface area contributed by atoms with Gasteiger partial charge in [0.2, 0.25) is 0 Å². The predicted molar refractivity (Wildman–Crippen MR) is 75.2 cm³/mol. The zero-order valence-corrected chi connectivity index (χ0v) is 11.0. The van der Waals surface area contributed by atoms with Crippen molar-refractivity contribution in [2.45, 2.75) is 12.2 Å². The van der Waals surface area contributed by atoms with Crippen LogP contribution < -0.4 is 0 Å². The molecule has 0 spiro atoms. The third kappa shape index (κ3) is 3.26. The Balaban J connectivity index is 2.21. The molecule has 2 atom stereocenters. The molecule has 0 radical (unpaired) electrons. The van der Waals surface area contributed by atoms with Gasteiger partial charge in [0, 0.05) is 0 Å². The van der Waals surface area contributed by atoms with Gasteiger partial charge < -0.3 is 15.3 Å². The van der Waals surface area contributed by atoms with Gasteiger partial charge in [-0.05, 0) is 28.8 Å². The van der Waals surface area contributed by atoms with Gasteiger partial charge in [0.1, 0.15) is 11.9 Å². The zero-order valence-electron chi connectivity index (χ0n) is 10.2. The van der Waals surface area contributed by atoms with E-state index < -0.39 is 12.2 Å². The Morgan fingerprint density at radius 3 is 1.79 bits per heavy atom. The molecule has 0 amide bonds. The summed E-state index contributed by atoms with van der Waals surface area (Å²) in [5.74, 6) is 0.210. The van der Waals surface area contributed by atoms with Gasteiger partial charge in [0.15, 0.2) is 0 Å². The molecule has 100 valence electrons. The SMILES string of the molecule is Oc1ccc(-c2ccc(C(O)C(O)CCl)cc2)cc1. The Kier molecular flexibility index (Phi) is 4.43. The molecule has 0 fully saturated rings.